The molecule has 0 aliphatic rings. The molecule has 2 aromatic rings. The molecule has 0 spiro atoms. The number of thiophene rings is 1. The molecule has 0 aliphatic heterocycles. The van der Waals surface area contributed by atoms with Crippen molar-refractivity contribution in [1.82, 2.24) is 5.32 Å². The third-order valence-electron chi connectivity index (χ3n) is 3.21. The third-order valence-corrected chi connectivity index (χ3v) is 4.49. The highest BCUT2D eigenvalue weighted by atomic mass is 35.5. The zero-order chi connectivity index (χ0) is 19.3. The lowest BCUT2D eigenvalue weighted by atomic mass is 10.2. The average molecular weight is 397 g/mol. The van der Waals surface area contributed by atoms with Crippen molar-refractivity contribution in [2.45, 2.75) is 13.0 Å². The summed E-state index contributed by atoms with van der Waals surface area (Å²) in [6.45, 7) is 0.900. The first-order chi connectivity index (χ1) is 12.3. The Balaban J connectivity index is 1.90. The lowest BCUT2D eigenvalue weighted by Gasteiger charge is -2.13. The van der Waals surface area contributed by atoms with Gasteiger partial charge < -0.3 is 10.1 Å². The maximum atomic E-state index is 12.1. The summed E-state index contributed by atoms with van der Waals surface area (Å²) < 4.78 is 5.32. The van der Waals surface area contributed by atoms with E-state index in [1.807, 2.05) is 0 Å². The van der Waals surface area contributed by atoms with Gasteiger partial charge in [0.15, 0.2) is 6.61 Å². The molecule has 1 amide bonds. The van der Waals surface area contributed by atoms with E-state index >= 15 is 0 Å². The van der Waals surface area contributed by atoms with E-state index in [-0.39, 0.29) is 11.3 Å². The lowest BCUT2D eigenvalue weighted by molar-refractivity contribution is -0.384. The summed E-state index contributed by atoms with van der Waals surface area (Å²) in [5.74, 6) is -1.89. The number of nitro groups is 1. The van der Waals surface area contributed by atoms with Crippen LogP contribution >= 0.6 is 22.9 Å². The molecule has 8 nitrogen and oxygen atoms in total. The van der Waals surface area contributed by atoms with Crippen molar-refractivity contribution in [2.24, 2.45) is 0 Å². The van der Waals surface area contributed by atoms with Gasteiger partial charge in [0.25, 0.3) is 11.6 Å². The monoisotopic (exact) mass is 396 g/mol. The van der Waals surface area contributed by atoms with Crippen LogP contribution in [-0.2, 0) is 9.53 Å². The maximum Gasteiger partial charge on any atom is 0.328 e. The van der Waals surface area contributed by atoms with Gasteiger partial charge in [0.05, 0.1) is 14.1 Å². The number of benzene rings is 1. The Bertz CT molecular complexity index is 866. The summed E-state index contributed by atoms with van der Waals surface area (Å²) in [5, 5.41) is 13.1. The van der Waals surface area contributed by atoms with Crippen LogP contribution in [0.15, 0.2) is 36.4 Å². The number of Topliss-reactive ketones (excluding diaryl/α,β-unsaturated/α-hetero) is 1. The Labute approximate surface area is 156 Å². The summed E-state index contributed by atoms with van der Waals surface area (Å²) in [4.78, 5) is 46.3. The number of ketones is 1. The number of non-ortho nitro benzene ring substituents is 1. The molecule has 1 N–H and O–H groups in total. The molecule has 0 unspecified atom stereocenters. The smallest absolute Gasteiger partial charge is 0.328 e. The molecule has 0 bridgehead atoms. The number of ether oxygens (including phenoxy) is 1. The zero-order valence-corrected chi connectivity index (χ0v) is 15.0. The Kier molecular flexibility index (Phi) is 6.42. The molecule has 1 aromatic carbocycles. The molecule has 1 atom stereocenters. The summed E-state index contributed by atoms with van der Waals surface area (Å²) in [7, 11) is 0. The fourth-order valence-electron chi connectivity index (χ4n) is 1.90. The summed E-state index contributed by atoms with van der Waals surface area (Å²) in [5.41, 5.74) is -0.212. The van der Waals surface area contributed by atoms with Gasteiger partial charge in [-0.15, -0.1) is 11.3 Å². The predicted octanol–water partition coefficient (Wildman–Crippen LogP) is 2.85. The second-order valence-electron chi connectivity index (χ2n) is 5.14. The Morgan fingerprint density at radius 3 is 2.65 bits per heavy atom. The van der Waals surface area contributed by atoms with E-state index in [1.165, 1.54) is 31.2 Å². The number of hydrogen-bond acceptors (Lipinski definition) is 7. The Hall–Kier alpha value is -2.78. The van der Waals surface area contributed by atoms with Gasteiger partial charge in [-0.3, -0.25) is 19.7 Å². The van der Waals surface area contributed by atoms with E-state index in [2.05, 4.69) is 5.32 Å². The fourth-order valence-corrected chi connectivity index (χ4v) is 2.86. The van der Waals surface area contributed by atoms with Crippen molar-refractivity contribution in [1.29, 1.82) is 0 Å². The first-order valence-corrected chi connectivity index (χ1v) is 8.48. The molecule has 0 aliphatic carbocycles. The van der Waals surface area contributed by atoms with Gasteiger partial charge in [0.2, 0.25) is 5.78 Å². The normalized spacial score (nSPS) is 11.5. The molecule has 0 fully saturated rings. The van der Waals surface area contributed by atoms with E-state index in [0.29, 0.717) is 9.21 Å². The highest BCUT2D eigenvalue weighted by Crippen LogP contribution is 2.21. The molecular weight excluding hydrogens is 384 g/mol. The van der Waals surface area contributed by atoms with E-state index in [9.17, 15) is 24.5 Å². The minimum absolute atomic E-state index is 0.0307. The number of esters is 1. The Morgan fingerprint density at radius 1 is 1.31 bits per heavy atom. The van der Waals surface area contributed by atoms with Crippen LogP contribution in [0.2, 0.25) is 4.34 Å². The molecule has 2 rings (SSSR count). The number of carbonyl (C=O) groups is 3. The lowest BCUT2D eigenvalue weighted by Crippen LogP contribution is -2.40. The number of halogens is 1. The van der Waals surface area contributed by atoms with Gasteiger partial charge in [-0.05, 0) is 25.1 Å². The molecule has 1 aromatic heterocycles. The quantitative estimate of drug-likeness (QED) is 0.333. The van der Waals surface area contributed by atoms with Gasteiger partial charge in [-0.1, -0.05) is 17.7 Å². The van der Waals surface area contributed by atoms with Crippen LogP contribution in [0.3, 0.4) is 0 Å². The average Bonchev–Trinajstić information content (AvgIpc) is 3.05. The molecule has 0 saturated heterocycles. The van der Waals surface area contributed by atoms with Crippen LogP contribution in [0.5, 0.6) is 0 Å². The third kappa shape index (κ3) is 5.11. The van der Waals surface area contributed by atoms with Crippen LogP contribution < -0.4 is 5.32 Å². The number of nitrogens with one attached hydrogen (secondary N) is 1. The molecule has 136 valence electrons. The van der Waals surface area contributed by atoms with E-state index in [1.54, 1.807) is 6.07 Å². The summed E-state index contributed by atoms with van der Waals surface area (Å²) in [6, 6.07) is 7.13. The van der Waals surface area contributed by atoms with Gasteiger partial charge >= 0.3 is 5.97 Å². The number of rotatable bonds is 7. The van der Waals surface area contributed by atoms with Gasteiger partial charge in [0, 0.05) is 17.7 Å². The zero-order valence-electron chi connectivity index (χ0n) is 13.4. The van der Waals surface area contributed by atoms with Gasteiger partial charge in [-0.2, -0.15) is 0 Å². The summed E-state index contributed by atoms with van der Waals surface area (Å²) >= 11 is 6.80. The highest BCUT2D eigenvalue weighted by Gasteiger charge is 2.21. The van der Waals surface area contributed by atoms with Crippen molar-refractivity contribution in [3.63, 3.8) is 0 Å². The van der Waals surface area contributed by atoms with Crippen LogP contribution in [0, 0.1) is 10.1 Å². The number of hydrogen-bond donors (Lipinski definition) is 1. The number of carbonyl (C=O) groups excluding carboxylic acids is 3. The fraction of sp³-hybridized carbons (Fsp3) is 0.188. The standard InChI is InChI=1S/C16H13ClN2O6S/c1-9(16(22)25-8-12(20)13-5-6-14(17)26-13)18-15(21)10-3-2-4-11(7-10)19(23)24/h2-7,9H,8H2,1H3,(H,18,21)/t9-/m0/s1. The van der Waals surface area contributed by atoms with Crippen LogP contribution in [0.4, 0.5) is 5.69 Å². The molecule has 26 heavy (non-hydrogen) atoms. The molecule has 0 saturated carbocycles. The van der Waals surface area contributed by atoms with Crippen LogP contribution in [-0.4, -0.2) is 35.2 Å². The van der Waals surface area contributed by atoms with E-state index < -0.39 is 35.2 Å². The van der Waals surface area contributed by atoms with Crippen molar-refractivity contribution in [2.75, 3.05) is 6.61 Å². The van der Waals surface area contributed by atoms with Gasteiger partial charge in [-0.25, -0.2) is 4.79 Å². The highest BCUT2D eigenvalue weighted by molar-refractivity contribution is 7.18. The van der Waals surface area contributed by atoms with E-state index in [0.717, 1.165) is 17.4 Å². The van der Waals surface area contributed by atoms with Crippen LogP contribution in [0.25, 0.3) is 0 Å². The van der Waals surface area contributed by atoms with Crippen molar-refractivity contribution < 1.29 is 24.0 Å². The molecular formula is C16H13ClN2O6S. The summed E-state index contributed by atoms with van der Waals surface area (Å²) in [6.07, 6.45) is 0. The first-order valence-electron chi connectivity index (χ1n) is 7.28. The number of nitrogens with zero attached hydrogens (tertiary/aromatic N) is 1. The second kappa shape index (κ2) is 8.54. The topological polar surface area (TPSA) is 116 Å². The van der Waals surface area contributed by atoms with Crippen molar-refractivity contribution in [3.8, 4) is 0 Å². The molecule has 0 radical (unpaired) electrons. The first kappa shape index (κ1) is 19.5. The van der Waals surface area contributed by atoms with Gasteiger partial charge in [0.1, 0.15) is 6.04 Å². The predicted molar refractivity (Wildman–Crippen MR) is 94.6 cm³/mol. The Morgan fingerprint density at radius 2 is 2.04 bits per heavy atom. The largest absolute Gasteiger partial charge is 0.456 e. The minimum atomic E-state index is -1.04. The second-order valence-corrected chi connectivity index (χ2v) is 6.85. The SMILES string of the molecule is C[C@H](NC(=O)c1cccc([N+](=O)[O-])c1)C(=O)OCC(=O)c1ccc(Cl)s1. The van der Waals surface area contributed by atoms with Crippen LogP contribution in [0.1, 0.15) is 27.0 Å². The van der Waals surface area contributed by atoms with Crippen molar-refractivity contribution >= 4 is 46.3 Å². The minimum Gasteiger partial charge on any atom is -0.456 e. The maximum absolute atomic E-state index is 12.1. The molecule has 1 heterocycles. The van der Waals surface area contributed by atoms with E-state index in [4.69, 9.17) is 16.3 Å². The molecule has 10 heteroatoms. The number of amides is 1. The van der Waals surface area contributed by atoms with Crippen molar-refractivity contribution in [3.05, 3.63) is 61.3 Å². The number of nitro benzene ring substituents is 1.